The van der Waals surface area contributed by atoms with E-state index in [2.05, 4.69) is 30.6 Å². The minimum Gasteiger partial charge on any atom is -0.395 e. The van der Waals surface area contributed by atoms with Gasteiger partial charge >= 0.3 is 0 Å². The number of aryl methyl sites for hydroxylation is 2. The molecule has 0 spiro atoms. The van der Waals surface area contributed by atoms with Gasteiger partial charge in [-0.15, -0.1) is 0 Å². The molecule has 1 saturated carbocycles. The fourth-order valence-corrected chi connectivity index (χ4v) is 4.96. The Bertz CT molecular complexity index is 1410. The van der Waals surface area contributed by atoms with Gasteiger partial charge in [0, 0.05) is 42.9 Å². The molecular weight excluding hydrogens is 501 g/mol. The average molecular weight is 534 g/mol. The number of aliphatic hydroxyl groups is 1. The minimum atomic E-state index is -0.439. The topological polar surface area (TPSA) is 138 Å². The molecule has 12 heteroatoms. The van der Waals surface area contributed by atoms with Gasteiger partial charge < -0.3 is 15.3 Å². The standard InChI is InChI=1S/C27H32FN9O2/c1-17-11-24(35-34-17)33-23-14-30-26(32-18(23)2)20-4-6-21(7-5-20)27(39)36(9-10-38)15-19-3-8-25(29-12-19)37-16-22(28)13-31-37/h3,8,11-14,16,20-21,38H,4-7,9-10,15H2,1-2H3,(H2,33,34,35). The quantitative estimate of drug-likeness (QED) is 0.297. The van der Waals surface area contributed by atoms with Crippen molar-refractivity contribution >= 4 is 17.4 Å². The molecule has 0 unspecified atom stereocenters. The van der Waals surface area contributed by atoms with Crippen molar-refractivity contribution in [2.75, 3.05) is 18.5 Å². The highest BCUT2D eigenvalue weighted by Gasteiger charge is 2.31. The van der Waals surface area contributed by atoms with Crippen molar-refractivity contribution in [2.24, 2.45) is 5.92 Å². The SMILES string of the molecule is Cc1cc(Nc2cnc(C3CCC(C(=O)N(CCO)Cc4ccc(-n5cc(F)cn5)nc4)CC3)nc2C)n[nH]1. The summed E-state index contributed by atoms with van der Waals surface area (Å²) in [5.74, 6) is 1.69. The fraction of sp³-hybridized carbons (Fsp3) is 0.407. The van der Waals surface area contributed by atoms with E-state index < -0.39 is 5.82 Å². The van der Waals surface area contributed by atoms with E-state index in [9.17, 15) is 14.3 Å². The van der Waals surface area contributed by atoms with Crippen LogP contribution < -0.4 is 5.32 Å². The van der Waals surface area contributed by atoms with Crippen LogP contribution in [0.1, 0.15) is 54.4 Å². The zero-order valence-corrected chi connectivity index (χ0v) is 22.0. The van der Waals surface area contributed by atoms with Crippen LogP contribution in [0.15, 0.2) is 43.0 Å². The molecule has 0 aromatic carbocycles. The number of aromatic amines is 1. The summed E-state index contributed by atoms with van der Waals surface area (Å²) in [5.41, 5.74) is 3.46. The molecule has 1 fully saturated rings. The first kappa shape index (κ1) is 26.4. The van der Waals surface area contributed by atoms with E-state index in [-0.39, 0.29) is 30.9 Å². The lowest BCUT2D eigenvalue weighted by Crippen LogP contribution is -2.39. The van der Waals surface area contributed by atoms with Gasteiger partial charge in [0.2, 0.25) is 5.91 Å². The van der Waals surface area contributed by atoms with Crippen molar-refractivity contribution in [3.8, 4) is 5.82 Å². The van der Waals surface area contributed by atoms with Crippen molar-refractivity contribution in [3.63, 3.8) is 0 Å². The molecule has 1 aliphatic carbocycles. The predicted molar refractivity (Wildman–Crippen MR) is 142 cm³/mol. The molecule has 0 saturated heterocycles. The van der Waals surface area contributed by atoms with E-state index >= 15 is 0 Å². The van der Waals surface area contributed by atoms with Crippen molar-refractivity contribution in [3.05, 3.63) is 71.6 Å². The van der Waals surface area contributed by atoms with Gasteiger partial charge in [-0.1, -0.05) is 6.07 Å². The predicted octanol–water partition coefficient (Wildman–Crippen LogP) is 3.57. The Morgan fingerprint density at radius 1 is 1.18 bits per heavy atom. The third-order valence-corrected chi connectivity index (χ3v) is 7.06. The number of aliphatic hydroxyl groups excluding tert-OH is 1. The summed E-state index contributed by atoms with van der Waals surface area (Å²) < 4.78 is 14.6. The van der Waals surface area contributed by atoms with E-state index in [1.807, 2.05) is 26.0 Å². The van der Waals surface area contributed by atoms with Gasteiger partial charge in [0.1, 0.15) is 5.82 Å². The monoisotopic (exact) mass is 533 g/mol. The lowest BCUT2D eigenvalue weighted by atomic mass is 9.81. The smallest absolute Gasteiger partial charge is 0.226 e. The van der Waals surface area contributed by atoms with E-state index in [0.29, 0.717) is 12.4 Å². The van der Waals surface area contributed by atoms with Gasteiger partial charge in [-0.25, -0.2) is 24.0 Å². The number of H-pyrrole nitrogens is 1. The summed E-state index contributed by atoms with van der Waals surface area (Å²) >= 11 is 0. The fourth-order valence-electron chi connectivity index (χ4n) is 4.96. The molecule has 0 bridgehead atoms. The number of aromatic nitrogens is 7. The van der Waals surface area contributed by atoms with Crippen molar-refractivity contribution in [1.29, 1.82) is 0 Å². The molecular formula is C27H32FN9O2. The highest BCUT2D eigenvalue weighted by atomic mass is 19.1. The number of rotatable bonds is 9. The highest BCUT2D eigenvalue weighted by Crippen LogP contribution is 2.36. The van der Waals surface area contributed by atoms with Gasteiger partial charge in [-0.05, 0) is 51.2 Å². The number of amides is 1. The largest absolute Gasteiger partial charge is 0.395 e. The van der Waals surface area contributed by atoms with Crippen molar-refractivity contribution in [2.45, 2.75) is 52.0 Å². The molecule has 0 radical (unpaired) electrons. The minimum absolute atomic E-state index is 0.0340. The van der Waals surface area contributed by atoms with Crippen molar-refractivity contribution in [1.82, 2.24) is 39.8 Å². The first-order valence-corrected chi connectivity index (χ1v) is 13.1. The van der Waals surface area contributed by atoms with Crippen LogP contribution in [-0.2, 0) is 11.3 Å². The second kappa shape index (κ2) is 11.7. The van der Waals surface area contributed by atoms with Gasteiger partial charge in [0.25, 0.3) is 0 Å². The molecule has 204 valence electrons. The first-order chi connectivity index (χ1) is 18.9. The number of nitrogens with zero attached hydrogens (tertiary/aromatic N) is 7. The summed E-state index contributed by atoms with van der Waals surface area (Å²) in [6.07, 6.45) is 8.94. The normalized spacial score (nSPS) is 17.2. The third kappa shape index (κ3) is 6.28. The lowest BCUT2D eigenvalue weighted by Gasteiger charge is -2.31. The molecule has 3 N–H and O–H groups in total. The van der Waals surface area contributed by atoms with Crippen LogP contribution in [0.3, 0.4) is 0 Å². The molecule has 5 rings (SSSR count). The number of nitrogens with one attached hydrogen (secondary N) is 2. The van der Waals surface area contributed by atoms with Crippen molar-refractivity contribution < 1.29 is 14.3 Å². The number of carbonyl (C=O) groups is 1. The highest BCUT2D eigenvalue weighted by molar-refractivity contribution is 5.79. The number of hydrogen-bond acceptors (Lipinski definition) is 8. The van der Waals surface area contributed by atoms with Gasteiger partial charge in [-0.2, -0.15) is 10.2 Å². The number of hydrogen-bond donors (Lipinski definition) is 3. The van der Waals surface area contributed by atoms with Gasteiger partial charge in [0.05, 0.1) is 36.6 Å². The van der Waals surface area contributed by atoms with Crippen LogP contribution in [0.5, 0.6) is 0 Å². The number of carbonyl (C=O) groups excluding carboxylic acids is 1. The Morgan fingerprint density at radius 3 is 2.62 bits per heavy atom. The van der Waals surface area contributed by atoms with E-state index in [4.69, 9.17) is 4.98 Å². The molecule has 39 heavy (non-hydrogen) atoms. The maximum absolute atomic E-state index is 13.4. The summed E-state index contributed by atoms with van der Waals surface area (Å²) in [6, 6.07) is 5.48. The van der Waals surface area contributed by atoms with Crippen LogP contribution >= 0.6 is 0 Å². The zero-order chi connectivity index (χ0) is 27.4. The van der Waals surface area contributed by atoms with E-state index in [0.717, 1.165) is 66.2 Å². The van der Waals surface area contributed by atoms with Crippen LogP contribution in [0.25, 0.3) is 5.82 Å². The molecule has 4 heterocycles. The Balaban J connectivity index is 1.18. The lowest BCUT2D eigenvalue weighted by molar-refractivity contribution is -0.137. The Morgan fingerprint density at radius 2 is 2.00 bits per heavy atom. The third-order valence-electron chi connectivity index (χ3n) is 7.06. The number of anilines is 2. The molecule has 4 aromatic heterocycles. The Hall–Kier alpha value is -4.19. The molecule has 1 aliphatic rings. The molecule has 0 atom stereocenters. The summed E-state index contributed by atoms with van der Waals surface area (Å²) in [5, 5.41) is 23.9. The Labute approximate surface area is 225 Å². The summed E-state index contributed by atoms with van der Waals surface area (Å²) in [6.45, 7) is 4.36. The summed E-state index contributed by atoms with van der Waals surface area (Å²) in [7, 11) is 0. The van der Waals surface area contributed by atoms with Gasteiger partial charge in [-0.3, -0.25) is 9.89 Å². The molecule has 1 amide bonds. The van der Waals surface area contributed by atoms with E-state index in [1.54, 1.807) is 23.4 Å². The molecule has 0 aliphatic heterocycles. The Kier molecular flexibility index (Phi) is 7.92. The molecule has 11 nitrogen and oxygen atoms in total. The maximum Gasteiger partial charge on any atom is 0.226 e. The van der Waals surface area contributed by atoms with Crippen LogP contribution in [0, 0.1) is 25.6 Å². The second-order valence-electron chi connectivity index (χ2n) is 9.95. The maximum atomic E-state index is 13.4. The number of pyridine rings is 1. The van der Waals surface area contributed by atoms with Crippen LogP contribution in [0.4, 0.5) is 15.9 Å². The molecule has 4 aromatic rings. The van der Waals surface area contributed by atoms with Crippen LogP contribution in [0.2, 0.25) is 0 Å². The number of halogens is 1. The first-order valence-electron chi connectivity index (χ1n) is 13.1. The second-order valence-corrected chi connectivity index (χ2v) is 9.95. The van der Waals surface area contributed by atoms with Gasteiger partial charge in [0.15, 0.2) is 17.5 Å². The average Bonchev–Trinajstić information content (AvgIpc) is 3.57. The van der Waals surface area contributed by atoms with E-state index in [1.165, 1.54) is 10.9 Å². The zero-order valence-electron chi connectivity index (χ0n) is 22.0. The van der Waals surface area contributed by atoms with Crippen LogP contribution in [-0.4, -0.2) is 64.0 Å². The summed E-state index contributed by atoms with van der Waals surface area (Å²) in [4.78, 5) is 28.8.